The predicted molar refractivity (Wildman–Crippen MR) is 132 cm³/mol. The van der Waals surface area contributed by atoms with Crippen LogP contribution in [0.4, 0.5) is 5.69 Å². The Morgan fingerprint density at radius 2 is 1.97 bits per heavy atom. The standard InChI is InChI=1S/C26H27ClN4O4/c1-2-35-26(34)23-22-9-11-30(20-7-6-17-8-10-29(12-13-32)16-18(17)14-20)25(33)24(22)31(28-23)21-5-3-4-19(27)15-21/h3-7,14-15,32H,2,8-13,16H2,1H3. The van der Waals surface area contributed by atoms with E-state index < -0.39 is 5.97 Å². The molecule has 3 heterocycles. The largest absolute Gasteiger partial charge is 0.461 e. The quantitative estimate of drug-likeness (QED) is 0.529. The van der Waals surface area contributed by atoms with Gasteiger partial charge in [-0.1, -0.05) is 23.7 Å². The summed E-state index contributed by atoms with van der Waals surface area (Å²) in [7, 11) is 0. The molecule has 0 fully saturated rings. The Labute approximate surface area is 208 Å². The van der Waals surface area contributed by atoms with Gasteiger partial charge in [0.25, 0.3) is 5.91 Å². The van der Waals surface area contributed by atoms with Crippen molar-refractivity contribution in [2.24, 2.45) is 0 Å². The molecule has 9 heteroatoms. The second-order valence-electron chi connectivity index (χ2n) is 8.70. The summed E-state index contributed by atoms with van der Waals surface area (Å²) in [6, 6.07) is 13.2. The van der Waals surface area contributed by atoms with Crippen LogP contribution in [0.25, 0.3) is 5.69 Å². The van der Waals surface area contributed by atoms with Gasteiger partial charge in [-0.15, -0.1) is 0 Å². The van der Waals surface area contributed by atoms with Crippen molar-refractivity contribution in [1.82, 2.24) is 14.7 Å². The lowest BCUT2D eigenvalue weighted by atomic mass is 9.97. The van der Waals surface area contributed by atoms with Crippen molar-refractivity contribution in [3.8, 4) is 5.69 Å². The predicted octanol–water partition coefficient (Wildman–Crippen LogP) is 3.26. The van der Waals surface area contributed by atoms with Crippen LogP contribution in [0.5, 0.6) is 0 Å². The van der Waals surface area contributed by atoms with Gasteiger partial charge in [0, 0.05) is 42.5 Å². The number of hydrogen-bond donors (Lipinski definition) is 1. The Morgan fingerprint density at radius 3 is 2.74 bits per heavy atom. The minimum atomic E-state index is -0.538. The van der Waals surface area contributed by atoms with Crippen molar-refractivity contribution >= 4 is 29.2 Å². The first-order chi connectivity index (χ1) is 17.0. The highest BCUT2D eigenvalue weighted by Gasteiger charge is 2.36. The third-order valence-corrected chi connectivity index (χ3v) is 6.78. The fourth-order valence-electron chi connectivity index (χ4n) is 4.87. The van der Waals surface area contributed by atoms with E-state index in [1.807, 2.05) is 6.07 Å². The number of aliphatic hydroxyl groups excluding tert-OH is 1. The molecule has 5 rings (SSSR count). The highest BCUT2D eigenvalue weighted by molar-refractivity contribution is 6.30. The molecule has 35 heavy (non-hydrogen) atoms. The maximum absolute atomic E-state index is 13.9. The number of amides is 1. The Balaban J connectivity index is 1.54. The molecule has 2 aliphatic heterocycles. The van der Waals surface area contributed by atoms with Gasteiger partial charge < -0.3 is 14.7 Å². The molecule has 0 spiro atoms. The number of aliphatic hydroxyl groups is 1. The normalized spacial score (nSPS) is 15.6. The number of nitrogens with zero attached hydrogens (tertiary/aromatic N) is 4. The van der Waals surface area contributed by atoms with E-state index >= 15 is 0 Å². The summed E-state index contributed by atoms with van der Waals surface area (Å²) in [5.74, 6) is -0.763. The van der Waals surface area contributed by atoms with Crippen molar-refractivity contribution in [2.75, 3.05) is 37.7 Å². The zero-order valence-corrected chi connectivity index (χ0v) is 20.3. The van der Waals surface area contributed by atoms with Crippen LogP contribution in [0.15, 0.2) is 42.5 Å². The molecule has 3 aromatic rings. The molecule has 0 saturated carbocycles. The third kappa shape index (κ3) is 4.45. The number of aromatic nitrogens is 2. The number of β-amino-alcohol motifs (C(OH)–C–C–N with tert-alkyl or cyclic N) is 1. The summed E-state index contributed by atoms with van der Waals surface area (Å²) < 4.78 is 6.72. The number of benzene rings is 2. The molecule has 182 valence electrons. The molecule has 1 N–H and O–H groups in total. The first kappa shape index (κ1) is 23.5. The zero-order chi connectivity index (χ0) is 24.5. The summed E-state index contributed by atoms with van der Waals surface area (Å²) in [5, 5.41) is 14.3. The Kier molecular flexibility index (Phi) is 6.60. The summed E-state index contributed by atoms with van der Waals surface area (Å²) in [4.78, 5) is 30.5. The first-order valence-corrected chi connectivity index (χ1v) is 12.2. The Hall–Kier alpha value is -3.20. The number of halogens is 1. The van der Waals surface area contributed by atoms with E-state index in [9.17, 15) is 14.7 Å². The molecule has 0 aliphatic carbocycles. The fraction of sp³-hybridized carbons (Fsp3) is 0.346. The van der Waals surface area contributed by atoms with Crippen LogP contribution < -0.4 is 4.90 Å². The van der Waals surface area contributed by atoms with Crippen molar-refractivity contribution in [1.29, 1.82) is 0 Å². The van der Waals surface area contributed by atoms with Crippen LogP contribution in [-0.2, 0) is 24.1 Å². The summed E-state index contributed by atoms with van der Waals surface area (Å²) in [6.45, 7) is 4.80. The average molecular weight is 495 g/mol. The molecule has 0 saturated heterocycles. The first-order valence-electron chi connectivity index (χ1n) is 11.8. The van der Waals surface area contributed by atoms with Crippen LogP contribution in [0.2, 0.25) is 5.02 Å². The third-order valence-electron chi connectivity index (χ3n) is 6.55. The lowest BCUT2D eigenvalue weighted by Crippen LogP contribution is -2.39. The second-order valence-corrected chi connectivity index (χ2v) is 9.13. The van der Waals surface area contributed by atoms with E-state index in [2.05, 4.69) is 22.1 Å². The van der Waals surface area contributed by atoms with E-state index in [0.29, 0.717) is 41.5 Å². The SMILES string of the molecule is CCOC(=O)c1nn(-c2cccc(Cl)c2)c2c1CCN(c1ccc3c(c1)CN(CCO)CC3)C2=O. The van der Waals surface area contributed by atoms with E-state index in [4.69, 9.17) is 16.3 Å². The van der Waals surface area contributed by atoms with E-state index in [0.717, 1.165) is 30.8 Å². The molecule has 1 amide bonds. The zero-order valence-electron chi connectivity index (χ0n) is 19.5. The minimum Gasteiger partial charge on any atom is -0.461 e. The Bertz CT molecular complexity index is 1290. The van der Waals surface area contributed by atoms with Gasteiger partial charge >= 0.3 is 5.97 Å². The lowest BCUT2D eigenvalue weighted by Gasteiger charge is -2.31. The molecular weight excluding hydrogens is 468 g/mol. The summed E-state index contributed by atoms with van der Waals surface area (Å²) in [6.07, 6.45) is 1.39. The van der Waals surface area contributed by atoms with Gasteiger partial charge in [-0.2, -0.15) is 5.10 Å². The van der Waals surface area contributed by atoms with Gasteiger partial charge in [0.1, 0.15) is 5.69 Å². The van der Waals surface area contributed by atoms with Crippen LogP contribution in [0.1, 0.15) is 44.6 Å². The van der Waals surface area contributed by atoms with Crippen molar-refractivity contribution in [2.45, 2.75) is 26.3 Å². The molecule has 2 aromatic carbocycles. The number of esters is 1. The minimum absolute atomic E-state index is 0.124. The number of anilines is 1. The molecule has 0 bridgehead atoms. The summed E-state index contributed by atoms with van der Waals surface area (Å²) in [5.41, 5.74) is 4.95. The molecule has 0 atom stereocenters. The molecular formula is C26H27ClN4O4. The van der Waals surface area contributed by atoms with Gasteiger partial charge in [0.15, 0.2) is 5.69 Å². The van der Waals surface area contributed by atoms with Gasteiger partial charge in [-0.25, -0.2) is 9.48 Å². The number of hydrogen-bond acceptors (Lipinski definition) is 6. The van der Waals surface area contributed by atoms with Crippen LogP contribution in [0.3, 0.4) is 0 Å². The van der Waals surface area contributed by atoms with Gasteiger partial charge in [-0.3, -0.25) is 9.69 Å². The monoisotopic (exact) mass is 494 g/mol. The van der Waals surface area contributed by atoms with Gasteiger partial charge in [-0.05, 0) is 61.2 Å². The van der Waals surface area contributed by atoms with Crippen molar-refractivity contribution < 1.29 is 19.4 Å². The van der Waals surface area contributed by atoms with Gasteiger partial charge in [0.2, 0.25) is 0 Å². The van der Waals surface area contributed by atoms with E-state index in [-0.39, 0.29) is 24.8 Å². The number of rotatable bonds is 6. The van der Waals surface area contributed by atoms with E-state index in [1.165, 1.54) is 10.2 Å². The van der Waals surface area contributed by atoms with E-state index in [1.54, 1.807) is 36.1 Å². The lowest BCUT2D eigenvalue weighted by molar-refractivity contribution is 0.0517. The smallest absolute Gasteiger partial charge is 0.359 e. The molecule has 8 nitrogen and oxygen atoms in total. The molecule has 0 radical (unpaired) electrons. The summed E-state index contributed by atoms with van der Waals surface area (Å²) >= 11 is 6.21. The van der Waals surface area contributed by atoms with Crippen molar-refractivity contribution in [3.63, 3.8) is 0 Å². The highest BCUT2D eigenvalue weighted by atomic mass is 35.5. The number of carbonyl (C=O) groups excluding carboxylic acids is 2. The molecule has 0 unspecified atom stereocenters. The second kappa shape index (κ2) is 9.81. The maximum Gasteiger partial charge on any atom is 0.359 e. The topological polar surface area (TPSA) is 87.9 Å². The maximum atomic E-state index is 13.9. The molecule has 2 aliphatic rings. The number of fused-ring (bicyclic) bond motifs is 2. The number of carbonyl (C=O) groups is 2. The van der Waals surface area contributed by atoms with Crippen LogP contribution >= 0.6 is 11.6 Å². The average Bonchev–Trinajstić information content (AvgIpc) is 3.25. The fourth-order valence-corrected chi connectivity index (χ4v) is 5.05. The van der Waals surface area contributed by atoms with Crippen LogP contribution in [-0.4, -0.2) is 64.5 Å². The van der Waals surface area contributed by atoms with Crippen LogP contribution in [0, 0.1) is 0 Å². The highest BCUT2D eigenvalue weighted by Crippen LogP contribution is 2.32. The number of ether oxygens (including phenoxy) is 1. The van der Waals surface area contributed by atoms with Gasteiger partial charge in [0.05, 0.1) is 18.9 Å². The Morgan fingerprint density at radius 1 is 1.11 bits per heavy atom. The van der Waals surface area contributed by atoms with Crippen molar-refractivity contribution in [3.05, 3.63) is 75.6 Å². The molecule has 1 aromatic heterocycles.